The first kappa shape index (κ1) is 16.0. The molecule has 2 atom stereocenters. The fraction of sp³-hybridized carbons (Fsp3) is 0.556. The number of rotatable bonds is 4. The van der Waals surface area contributed by atoms with Crippen LogP contribution in [0.3, 0.4) is 0 Å². The average molecular weight is 316 g/mol. The summed E-state index contributed by atoms with van der Waals surface area (Å²) >= 11 is 0. The van der Waals surface area contributed by atoms with Gasteiger partial charge in [-0.1, -0.05) is 32.0 Å². The lowest BCUT2D eigenvalue weighted by atomic mass is 10.0. The van der Waals surface area contributed by atoms with Crippen molar-refractivity contribution in [2.75, 3.05) is 31.6 Å². The third kappa shape index (κ3) is 3.55. The largest absolute Gasteiger partial charge is 0.378 e. The van der Waals surface area contributed by atoms with Gasteiger partial charge in [0.05, 0.1) is 25.0 Å². The highest BCUT2D eigenvalue weighted by Crippen LogP contribution is 2.41. The van der Waals surface area contributed by atoms with E-state index in [1.165, 1.54) is 0 Å². The first-order valence-electron chi connectivity index (χ1n) is 8.34. The third-order valence-electron chi connectivity index (χ3n) is 4.61. The predicted molar refractivity (Wildman–Crippen MR) is 88.2 cm³/mol. The van der Waals surface area contributed by atoms with Gasteiger partial charge in [-0.25, -0.2) is 0 Å². The minimum atomic E-state index is -0.189. The number of ether oxygens (including phenoxy) is 1. The highest BCUT2D eigenvalue weighted by molar-refractivity contribution is 6.00. The first-order valence-corrected chi connectivity index (χ1v) is 8.34. The highest BCUT2D eigenvalue weighted by atomic mass is 16.5. The molecule has 1 aromatic rings. The van der Waals surface area contributed by atoms with Crippen LogP contribution < -0.4 is 5.32 Å². The number of hydrogen-bond donors (Lipinski definition) is 1. The molecule has 2 unspecified atom stereocenters. The summed E-state index contributed by atoms with van der Waals surface area (Å²) in [5.41, 5.74) is 1.98. The summed E-state index contributed by atoms with van der Waals surface area (Å²) in [6, 6.07) is 7.86. The number of amides is 2. The number of anilines is 1. The van der Waals surface area contributed by atoms with Crippen LogP contribution in [0.5, 0.6) is 0 Å². The first-order chi connectivity index (χ1) is 11.1. The van der Waals surface area contributed by atoms with Crippen LogP contribution in [-0.4, -0.2) is 43.0 Å². The Bertz CT molecular complexity index is 594. The Morgan fingerprint density at radius 3 is 2.57 bits per heavy atom. The number of morpholine rings is 1. The van der Waals surface area contributed by atoms with Crippen molar-refractivity contribution in [1.82, 2.24) is 4.90 Å². The zero-order valence-electron chi connectivity index (χ0n) is 13.7. The van der Waals surface area contributed by atoms with Gasteiger partial charge in [-0.05, 0) is 24.0 Å². The maximum atomic E-state index is 12.4. The van der Waals surface area contributed by atoms with Crippen LogP contribution >= 0.6 is 0 Å². The molecule has 0 aromatic heterocycles. The minimum absolute atomic E-state index is 0.0373. The number of nitrogens with one attached hydrogen (secondary N) is 1. The van der Waals surface area contributed by atoms with Gasteiger partial charge >= 0.3 is 0 Å². The van der Waals surface area contributed by atoms with E-state index in [0.29, 0.717) is 38.6 Å². The highest BCUT2D eigenvalue weighted by Gasteiger charge is 2.49. The van der Waals surface area contributed by atoms with Crippen molar-refractivity contribution in [3.63, 3.8) is 0 Å². The number of carbonyl (C=O) groups is 2. The summed E-state index contributed by atoms with van der Waals surface area (Å²) in [5.74, 6) is 0.0664. The van der Waals surface area contributed by atoms with E-state index in [4.69, 9.17) is 4.74 Å². The van der Waals surface area contributed by atoms with E-state index >= 15 is 0 Å². The van der Waals surface area contributed by atoms with Gasteiger partial charge in [0.15, 0.2) is 0 Å². The van der Waals surface area contributed by atoms with Crippen molar-refractivity contribution in [3.05, 3.63) is 29.8 Å². The van der Waals surface area contributed by atoms with E-state index in [2.05, 4.69) is 19.2 Å². The predicted octanol–water partition coefficient (Wildman–Crippen LogP) is 2.24. The molecule has 2 aliphatic rings. The standard InChI is InChI=1S/C18H24N2O3/c1-12(2)13-5-3-4-6-16(13)19-17(21)14-11-15(14)18(22)20-7-9-23-10-8-20/h3-6,12,14-15H,7-11H2,1-2H3,(H,19,21). The topological polar surface area (TPSA) is 58.6 Å². The summed E-state index contributed by atoms with van der Waals surface area (Å²) in [6.45, 7) is 6.67. The van der Waals surface area contributed by atoms with Gasteiger partial charge in [-0.15, -0.1) is 0 Å². The van der Waals surface area contributed by atoms with E-state index in [1.807, 2.05) is 29.2 Å². The normalized spacial score (nSPS) is 23.7. The molecule has 0 bridgehead atoms. The summed E-state index contributed by atoms with van der Waals surface area (Å²) in [7, 11) is 0. The van der Waals surface area contributed by atoms with Crippen LogP contribution in [0, 0.1) is 11.8 Å². The Balaban J connectivity index is 1.59. The zero-order valence-corrected chi connectivity index (χ0v) is 13.7. The molecular formula is C18H24N2O3. The molecule has 0 radical (unpaired) electrons. The Hall–Kier alpha value is -1.88. The quantitative estimate of drug-likeness (QED) is 0.927. The monoisotopic (exact) mass is 316 g/mol. The molecule has 124 valence electrons. The number of carbonyl (C=O) groups excluding carboxylic acids is 2. The SMILES string of the molecule is CC(C)c1ccccc1NC(=O)C1CC1C(=O)N1CCOCC1. The Kier molecular flexibility index (Phi) is 4.66. The van der Waals surface area contributed by atoms with Gasteiger partial charge in [-0.3, -0.25) is 9.59 Å². The molecule has 1 aliphatic carbocycles. The lowest BCUT2D eigenvalue weighted by Crippen LogP contribution is -2.42. The molecule has 0 spiro atoms. The van der Waals surface area contributed by atoms with Crippen LogP contribution in [-0.2, 0) is 14.3 Å². The lowest BCUT2D eigenvalue weighted by Gasteiger charge is -2.27. The average Bonchev–Trinajstić information content (AvgIpc) is 3.36. The van der Waals surface area contributed by atoms with E-state index < -0.39 is 0 Å². The Morgan fingerprint density at radius 2 is 1.87 bits per heavy atom. The van der Waals surface area contributed by atoms with Gasteiger partial charge in [0.25, 0.3) is 0 Å². The Morgan fingerprint density at radius 1 is 1.17 bits per heavy atom. The van der Waals surface area contributed by atoms with Crippen molar-refractivity contribution in [2.45, 2.75) is 26.2 Å². The smallest absolute Gasteiger partial charge is 0.228 e. The van der Waals surface area contributed by atoms with Crippen LogP contribution in [0.1, 0.15) is 31.7 Å². The van der Waals surface area contributed by atoms with Crippen molar-refractivity contribution in [3.8, 4) is 0 Å². The molecule has 2 fully saturated rings. The van der Waals surface area contributed by atoms with Crippen molar-refractivity contribution in [1.29, 1.82) is 0 Å². The summed E-state index contributed by atoms with van der Waals surface area (Å²) in [4.78, 5) is 26.7. The van der Waals surface area contributed by atoms with Crippen LogP contribution in [0.4, 0.5) is 5.69 Å². The maximum absolute atomic E-state index is 12.4. The summed E-state index contributed by atoms with van der Waals surface area (Å²) in [6.07, 6.45) is 0.659. The molecule has 1 heterocycles. The molecule has 5 nitrogen and oxygen atoms in total. The van der Waals surface area contributed by atoms with Gasteiger partial charge < -0.3 is 15.0 Å². The molecule has 1 saturated carbocycles. The van der Waals surface area contributed by atoms with Crippen LogP contribution in [0.15, 0.2) is 24.3 Å². The number of benzene rings is 1. The summed E-state index contributed by atoms with van der Waals surface area (Å²) < 4.78 is 5.27. The molecule has 3 rings (SSSR count). The van der Waals surface area contributed by atoms with Crippen LogP contribution in [0.25, 0.3) is 0 Å². The van der Waals surface area contributed by atoms with Gasteiger partial charge in [0.2, 0.25) is 11.8 Å². The third-order valence-corrected chi connectivity index (χ3v) is 4.61. The lowest BCUT2D eigenvalue weighted by molar-refractivity contribution is -0.137. The van der Waals surface area contributed by atoms with Crippen molar-refractivity contribution in [2.24, 2.45) is 11.8 Å². The fourth-order valence-corrected chi connectivity index (χ4v) is 3.12. The van der Waals surface area contributed by atoms with Crippen LogP contribution in [0.2, 0.25) is 0 Å². The van der Waals surface area contributed by atoms with Gasteiger partial charge in [0, 0.05) is 18.8 Å². The number of hydrogen-bond acceptors (Lipinski definition) is 3. The van der Waals surface area contributed by atoms with Gasteiger partial charge in [-0.2, -0.15) is 0 Å². The fourth-order valence-electron chi connectivity index (χ4n) is 3.12. The molecule has 1 saturated heterocycles. The Labute approximate surface area is 137 Å². The zero-order chi connectivity index (χ0) is 16.4. The molecule has 5 heteroatoms. The second kappa shape index (κ2) is 6.71. The van der Waals surface area contributed by atoms with E-state index in [1.54, 1.807) is 0 Å². The maximum Gasteiger partial charge on any atom is 0.228 e. The van der Waals surface area contributed by atoms with Crippen molar-refractivity contribution >= 4 is 17.5 Å². The molecule has 1 aromatic carbocycles. The van der Waals surface area contributed by atoms with Gasteiger partial charge in [0.1, 0.15) is 0 Å². The van der Waals surface area contributed by atoms with Crippen molar-refractivity contribution < 1.29 is 14.3 Å². The molecule has 1 N–H and O–H groups in total. The minimum Gasteiger partial charge on any atom is -0.378 e. The summed E-state index contributed by atoms with van der Waals surface area (Å²) in [5, 5.41) is 3.01. The molecule has 1 aliphatic heterocycles. The second-order valence-electron chi connectivity index (χ2n) is 6.62. The molecule has 2 amide bonds. The van der Waals surface area contributed by atoms with E-state index in [-0.39, 0.29) is 23.7 Å². The molecule has 23 heavy (non-hydrogen) atoms. The number of nitrogens with zero attached hydrogens (tertiary/aromatic N) is 1. The van der Waals surface area contributed by atoms with E-state index in [9.17, 15) is 9.59 Å². The second-order valence-corrected chi connectivity index (χ2v) is 6.62. The number of para-hydroxylation sites is 1. The molecular weight excluding hydrogens is 292 g/mol. The van der Waals surface area contributed by atoms with E-state index in [0.717, 1.165) is 11.3 Å².